The highest BCUT2D eigenvalue weighted by molar-refractivity contribution is 5.80. The second-order valence-corrected chi connectivity index (χ2v) is 6.05. The van der Waals surface area contributed by atoms with Crippen molar-refractivity contribution in [3.8, 4) is 0 Å². The fourth-order valence-electron chi connectivity index (χ4n) is 2.90. The van der Waals surface area contributed by atoms with Gasteiger partial charge in [-0.3, -0.25) is 10.1 Å². The Morgan fingerprint density at radius 3 is 2.48 bits per heavy atom. The number of carbonyl (C=O) groups is 1. The van der Waals surface area contributed by atoms with Crippen LogP contribution in [0.15, 0.2) is 24.3 Å². The number of aryl methyl sites for hydroxylation is 1. The average molecular weight is 288 g/mol. The zero-order valence-electron chi connectivity index (χ0n) is 13.4. The summed E-state index contributed by atoms with van der Waals surface area (Å²) in [5.41, 5.74) is 2.45. The number of nitrogens with one attached hydrogen (secondary N) is 1. The van der Waals surface area contributed by atoms with Gasteiger partial charge in [-0.2, -0.15) is 0 Å². The fourth-order valence-corrected chi connectivity index (χ4v) is 2.90. The highest BCUT2D eigenvalue weighted by atomic mass is 16.2. The van der Waals surface area contributed by atoms with Crippen LogP contribution in [0.4, 0.5) is 0 Å². The number of benzene rings is 1. The van der Waals surface area contributed by atoms with E-state index in [9.17, 15) is 4.79 Å². The molecule has 2 rings (SSSR count). The topological polar surface area (TPSA) is 32.3 Å². The maximum absolute atomic E-state index is 12.1. The molecule has 1 heterocycles. The van der Waals surface area contributed by atoms with Gasteiger partial charge in [-0.05, 0) is 18.9 Å². The van der Waals surface area contributed by atoms with Gasteiger partial charge in [0.05, 0.1) is 6.54 Å². The van der Waals surface area contributed by atoms with Gasteiger partial charge in [-0.15, -0.1) is 0 Å². The number of unbranched alkanes of at least 4 members (excludes halogenated alkanes) is 5. The monoisotopic (exact) mass is 288 g/mol. The lowest BCUT2D eigenvalue weighted by Gasteiger charge is -2.24. The van der Waals surface area contributed by atoms with Gasteiger partial charge in [0, 0.05) is 6.54 Å². The van der Waals surface area contributed by atoms with Gasteiger partial charge < -0.3 is 4.90 Å². The Balaban J connectivity index is 1.84. The van der Waals surface area contributed by atoms with Gasteiger partial charge in [0.15, 0.2) is 0 Å². The summed E-state index contributed by atoms with van der Waals surface area (Å²) in [6, 6.07) is 8.48. The van der Waals surface area contributed by atoms with Gasteiger partial charge in [0.1, 0.15) is 6.17 Å². The molecule has 116 valence electrons. The lowest BCUT2D eigenvalue weighted by atomic mass is 10.1. The number of amides is 1. The Morgan fingerprint density at radius 1 is 1.10 bits per heavy atom. The molecule has 0 aliphatic carbocycles. The second-order valence-electron chi connectivity index (χ2n) is 6.05. The standard InChI is InChI=1S/C18H28N2O/c1-3-4-5-6-7-8-13-20-17(21)14-19-18(20)16-11-9-15(2)10-12-16/h9-12,18-19H,3-8,13-14H2,1-2H3. The van der Waals surface area contributed by atoms with Crippen molar-refractivity contribution < 1.29 is 4.79 Å². The molecule has 1 unspecified atom stereocenters. The number of nitrogens with zero attached hydrogens (tertiary/aromatic N) is 1. The molecule has 3 nitrogen and oxygen atoms in total. The van der Waals surface area contributed by atoms with E-state index in [0.29, 0.717) is 6.54 Å². The molecular weight excluding hydrogens is 260 g/mol. The Hall–Kier alpha value is -1.35. The minimum Gasteiger partial charge on any atom is -0.322 e. The molecule has 0 saturated carbocycles. The summed E-state index contributed by atoms with van der Waals surface area (Å²) in [7, 11) is 0. The van der Waals surface area contributed by atoms with E-state index >= 15 is 0 Å². The van der Waals surface area contributed by atoms with Crippen LogP contribution in [0.2, 0.25) is 0 Å². The van der Waals surface area contributed by atoms with Crippen molar-refractivity contribution in [1.29, 1.82) is 0 Å². The Morgan fingerprint density at radius 2 is 1.76 bits per heavy atom. The van der Waals surface area contributed by atoms with E-state index in [4.69, 9.17) is 0 Å². The van der Waals surface area contributed by atoms with Gasteiger partial charge in [0.2, 0.25) is 5.91 Å². The molecule has 1 fully saturated rings. The van der Waals surface area contributed by atoms with E-state index in [2.05, 4.69) is 43.4 Å². The number of hydrogen-bond donors (Lipinski definition) is 1. The van der Waals surface area contributed by atoms with Gasteiger partial charge in [-0.1, -0.05) is 68.9 Å². The highest BCUT2D eigenvalue weighted by Gasteiger charge is 2.30. The van der Waals surface area contributed by atoms with Gasteiger partial charge in [0.25, 0.3) is 0 Å². The zero-order valence-corrected chi connectivity index (χ0v) is 13.4. The van der Waals surface area contributed by atoms with Crippen molar-refractivity contribution in [2.45, 2.75) is 58.5 Å². The summed E-state index contributed by atoms with van der Waals surface area (Å²) in [5.74, 6) is 0.231. The first-order valence-corrected chi connectivity index (χ1v) is 8.32. The lowest BCUT2D eigenvalue weighted by Crippen LogP contribution is -2.31. The molecular formula is C18H28N2O. The van der Waals surface area contributed by atoms with Crippen LogP contribution >= 0.6 is 0 Å². The van der Waals surface area contributed by atoms with Crippen molar-refractivity contribution in [3.05, 3.63) is 35.4 Å². The van der Waals surface area contributed by atoms with Crippen LogP contribution in [-0.2, 0) is 4.79 Å². The van der Waals surface area contributed by atoms with Crippen LogP contribution in [0.1, 0.15) is 62.7 Å². The van der Waals surface area contributed by atoms with Crippen LogP contribution in [0.5, 0.6) is 0 Å². The third-order valence-electron chi connectivity index (χ3n) is 4.22. The molecule has 3 heteroatoms. The molecule has 0 bridgehead atoms. The summed E-state index contributed by atoms with van der Waals surface area (Å²) in [6.45, 7) is 5.66. The SMILES string of the molecule is CCCCCCCCN1C(=O)CNC1c1ccc(C)cc1. The summed E-state index contributed by atoms with van der Waals surface area (Å²) in [5, 5.41) is 3.33. The Labute approximate surface area is 128 Å². The molecule has 1 aliphatic rings. The van der Waals surface area contributed by atoms with Crippen molar-refractivity contribution >= 4 is 5.91 Å². The smallest absolute Gasteiger partial charge is 0.238 e. The molecule has 0 spiro atoms. The van der Waals surface area contributed by atoms with Gasteiger partial charge >= 0.3 is 0 Å². The van der Waals surface area contributed by atoms with Crippen molar-refractivity contribution in [2.24, 2.45) is 0 Å². The maximum Gasteiger partial charge on any atom is 0.238 e. The highest BCUT2D eigenvalue weighted by Crippen LogP contribution is 2.23. The minimum atomic E-state index is 0.0636. The van der Waals surface area contributed by atoms with Crippen LogP contribution in [0.25, 0.3) is 0 Å². The first-order chi connectivity index (χ1) is 10.2. The Kier molecular flexibility index (Phi) is 6.24. The first-order valence-electron chi connectivity index (χ1n) is 8.32. The number of carbonyl (C=O) groups excluding carboxylic acids is 1. The molecule has 1 amide bonds. The van der Waals surface area contributed by atoms with E-state index in [1.807, 2.05) is 4.90 Å². The maximum atomic E-state index is 12.1. The van der Waals surface area contributed by atoms with E-state index in [0.717, 1.165) is 13.0 Å². The van der Waals surface area contributed by atoms with Crippen molar-refractivity contribution in [3.63, 3.8) is 0 Å². The first kappa shape index (κ1) is 16.0. The quantitative estimate of drug-likeness (QED) is 0.738. The fraction of sp³-hybridized carbons (Fsp3) is 0.611. The van der Waals surface area contributed by atoms with E-state index in [1.165, 1.54) is 43.2 Å². The van der Waals surface area contributed by atoms with E-state index in [1.54, 1.807) is 0 Å². The number of rotatable bonds is 8. The molecule has 1 N–H and O–H groups in total. The lowest BCUT2D eigenvalue weighted by molar-refractivity contribution is -0.128. The molecule has 1 aliphatic heterocycles. The van der Waals surface area contributed by atoms with Crippen molar-refractivity contribution in [1.82, 2.24) is 10.2 Å². The number of hydrogen-bond acceptors (Lipinski definition) is 2. The molecule has 21 heavy (non-hydrogen) atoms. The summed E-state index contributed by atoms with van der Waals surface area (Å²) >= 11 is 0. The minimum absolute atomic E-state index is 0.0636. The molecule has 1 saturated heterocycles. The zero-order chi connectivity index (χ0) is 15.1. The molecule has 1 aromatic carbocycles. The third-order valence-corrected chi connectivity index (χ3v) is 4.22. The second kappa shape index (κ2) is 8.18. The summed E-state index contributed by atoms with van der Waals surface area (Å²) in [6.07, 6.45) is 7.63. The van der Waals surface area contributed by atoms with Crippen LogP contribution < -0.4 is 5.32 Å². The van der Waals surface area contributed by atoms with Crippen LogP contribution in [0, 0.1) is 6.92 Å². The van der Waals surface area contributed by atoms with E-state index < -0.39 is 0 Å². The largest absolute Gasteiger partial charge is 0.322 e. The van der Waals surface area contributed by atoms with Gasteiger partial charge in [-0.25, -0.2) is 0 Å². The Bertz CT molecular complexity index is 441. The normalized spacial score (nSPS) is 18.5. The molecule has 0 radical (unpaired) electrons. The predicted octanol–water partition coefficient (Wildman–Crippen LogP) is 3.79. The molecule has 1 aromatic rings. The third kappa shape index (κ3) is 4.57. The summed E-state index contributed by atoms with van der Waals surface area (Å²) in [4.78, 5) is 14.1. The van der Waals surface area contributed by atoms with E-state index in [-0.39, 0.29) is 12.1 Å². The van der Waals surface area contributed by atoms with Crippen LogP contribution in [-0.4, -0.2) is 23.9 Å². The molecule has 1 atom stereocenters. The van der Waals surface area contributed by atoms with Crippen LogP contribution in [0.3, 0.4) is 0 Å². The van der Waals surface area contributed by atoms with Crippen molar-refractivity contribution in [2.75, 3.05) is 13.1 Å². The molecule has 0 aromatic heterocycles. The summed E-state index contributed by atoms with van der Waals surface area (Å²) < 4.78 is 0. The average Bonchev–Trinajstić information content (AvgIpc) is 2.85. The predicted molar refractivity (Wildman–Crippen MR) is 87.0 cm³/mol.